The van der Waals surface area contributed by atoms with Gasteiger partial charge in [-0.3, -0.25) is 4.98 Å². The number of carbonyl (C=O) groups excluding carboxylic acids is 1. The van der Waals surface area contributed by atoms with Gasteiger partial charge < -0.3 is 9.64 Å². The number of rotatable bonds is 5. The molecule has 1 aromatic heterocycles. The van der Waals surface area contributed by atoms with Crippen LogP contribution in [0.25, 0.3) is 0 Å². The van der Waals surface area contributed by atoms with Gasteiger partial charge in [-0.05, 0) is 38.5 Å². The van der Waals surface area contributed by atoms with Gasteiger partial charge in [0.1, 0.15) is 5.60 Å². The van der Waals surface area contributed by atoms with E-state index in [0.717, 1.165) is 11.3 Å². The first kappa shape index (κ1) is 17.0. The van der Waals surface area contributed by atoms with Gasteiger partial charge in [0.05, 0.1) is 0 Å². The fourth-order valence-electron chi connectivity index (χ4n) is 2.16. The maximum absolute atomic E-state index is 12.5. The Bertz CT molecular complexity index is 606. The van der Waals surface area contributed by atoms with Crippen molar-refractivity contribution in [3.63, 3.8) is 0 Å². The number of hydrogen-bond donors (Lipinski definition) is 0. The van der Waals surface area contributed by atoms with Crippen molar-refractivity contribution in [2.24, 2.45) is 0 Å². The summed E-state index contributed by atoms with van der Waals surface area (Å²) in [6, 6.07) is 15.8. The molecule has 0 saturated heterocycles. The number of amides is 1. The average molecular weight is 312 g/mol. The van der Waals surface area contributed by atoms with Crippen molar-refractivity contribution in [2.75, 3.05) is 6.54 Å². The lowest BCUT2D eigenvalue weighted by molar-refractivity contribution is 0.0235. The molecule has 0 N–H and O–H groups in total. The molecular weight excluding hydrogens is 288 g/mol. The lowest BCUT2D eigenvalue weighted by Crippen LogP contribution is -2.37. The predicted molar refractivity (Wildman–Crippen MR) is 91.0 cm³/mol. The van der Waals surface area contributed by atoms with E-state index in [9.17, 15) is 4.79 Å². The molecular formula is C19H24N2O2. The van der Waals surface area contributed by atoms with Crippen molar-refractivity contribution in [1.29, 1.82) is 0 Å². The van der Waals surface area contributed by atoms with Crippen molar-refractivity contribution in [1.82, 2.24) is 9.88 Å². The van der Waals surface area contributed by atoms with Crippen molar-refractivity contribution in [3.05, 3.63) is 66.0 Å². The van der Waals surface area contributed by atoms with Crippen molar-refractivity contribution in [3.8, 4) is 0 Å². The van der Waals surface area contributed by atoms with Gasteiger partial charge >= 0.3 is 6.09 Å². The monoisotopic (exact) mass is 312 g/mol. The molecule has 0 aliphatic rings. The van der Waals surface area contributed by atoms with Gasteiger partial charge in [0.25, 0.3) is 0 Å². The zero-order valence-corrected chi connectivity index (χ0v) is 14.0. The summed E-state index contributed by atoms with van der Waals surface area (Å²) in [6.07, 6.45) is 2.18. The molecule has 4 heteroatoms. The molecule has 0 saturated carbocycles. The van der Waals surface area contributed by atoms with Gasteiger partial charge in [-0.2, -0.15) is 0 Å². The molecule has 0 unspecified atom stereocenters. The largest absolute Gasteiger partial charge is 0.444 e. The van der Waals surface area contributed by atoms with Gasteiger partial charge in [-0.25, -0.2) is 4.79 Å². The molecule has 0 atom stereocenters. The van der Waals surface area contributed by atoms with Crippen LogP contribution in [0.5, 0.6) is 0 Å². The highest BCUT2D eigenvalue weighted by atomic mass is 16.6. The third-order valence-corrected chi connectivity index (χ3v) is 3.23. The topological polar surface area (TPSA) is 42.4 Å². The van der Waals surface area contributed by atoms with E-state index in [2.05, 4.69) is 4.98 Å². The maximum atomic E-state index is 12.5. The Morgan fingerprint density at radius 3 is 2.39 bits per heavy atom. The number of carbonyl (C=O) groups is 1. The van der Waals surface area contributed by atoms with Crippen LogP contribution in [0, 0.1) is 0 Å². The van der Waals surface area contributed by atoms with Gasteiger partial charge in [0, 0.05) is 31.4 Å². The van der Waals surface area contributed by atoms with Gasteiger partial charge in [-0.15, -0.1) is 0 Å². The van der Waals surface area contributed by atoms with Crippen LogP contribution in [0.2, 0.25) is 0 Å². The smallest absolute Gasteiger partial charge is 0.410 e. The van der Waals surface area contributed by atoms with Crippen LogP contribution in [-0.2, 0) is 17.7 Å². The summed E-state index contributed by atoms with van der Waals surface area (Å²) in [5.74, 6) is 0. The molecule has 1 aromatic carbocycles. The second kappa shape index (κ2) is 7.77. The summed E-state index contributed by atoms with van der Waals surface area (Å²) in [5.41, 5.74) is 1.55. The average Bonchev–Trinajstić information content (AvgIpc) is 2.51. The Balaban J connectivity index is 2.05. The standard InChI is InChI=1S/C19H24N2O2/c1-19(2,3)23-18(22)21(15-16-9-5-4-6-10-16)14-12-17-11-7-8-13-20-17/h4-11,13H,12,14-15H2,1-3H3. The highest BCUT2D eigenvalue weighted by Crippen LogP contribution is 2.13. The molecule has 0 bridgehead atoms. The van der Waals surface area contributed by atoms with E-state index in [1.54, 1.807) is 11.1 Å². The second-order valence-electron chi connectivity index (χ2n) is 6.46. The molecule has 0 aliphatic carbocycles. The molecule has 122 valence electrons. The molecule has 0 spiro atoms. The summed E-state index contributed by atoms with van der Waals surface area (Å²) in [5, 5.41) is 0. The van der Waals surface area contributed by atoms with Crippen LogP contribution < -0.4 is 0 Å². The molecule has 4 nitrogen and oxygen atoms in total. The highest BCUT2D eigenvalue weighted by Gasteiger charge is 2.22. The number of aromatic nitrogens is 1. The van der Waals surface area contributed by atoms with Crippen LogP contribution in [0.1, 0.15) is 32.0 Å². The number of pyridine rings is 1. The third-order valence-electron chi connectivity index (χ3n) is 3.23. The Morgan fingerprint density at radius 1 is 1.09 bits per heavy atom. The maximum Gasteiger partial charge on any atom is 0.410 e. The van der Waals surface area contributed by atoms with Crippen LogP contribution in [0.4, 0.5) is 4.79 Å². The van der Waals surface area contributed by atoms with Gasteiger partial charge in [-0.1, -0.05) is 36.4 Å². The zero-order chi connectivity index (χ0) is 16.7. The molecule has 2 rings (SSSR count). The fourth-order valence-corrected chi connectivity index (χ4v) is 2.16. The second-order valence-corrected chi connectivity index (χ2v) is 6.46. The predicted octanol–water partition coefficient (Wildman–Crippen LogP) is 4.06. The van der Waals surface area contributed by atoms with Crippen molar-refractivity contribution < 1.29 is 9.53 Å². The summed E-state index contributed by atoms with van der Waals surface area (Å²) >= 11 is 0. The summed E-state index contributed by atoms with van der Waals surface area (Å²) < 4.78 is 5.53. The van der Waals surface area contributed by atoms with E-state index in [4.69, 9.17) is 4.74 Å². The quantitative estimate of drug-likeness (QED) is 0.836. The van der Waals surface area contributed by atoms with Crippen LogP contribution in [-0.4, -0.2) is 28.1 Å². The van der Waals surface area contributed by atoms with E-state index in [1.807, 2.05) is 69.3 Å². The molecule has 1 heterocycles. The minimum atomic E-state index is -0.503. The lowest BCUT2D eigenvalue weighted by atomic mass is 10.2. The zero-order valence-electron chi connectivity index (χ0n) is 14.0. The molecule has 0 aliphatic heterocycles. The summed E-state index contributed by atoms with van der Waals surface area (Å²) in [4.78, 5) is 18.5. The number of nitrogens with zero attached hydrogens (tertiary/aromatic N) is 2. The van der Waals surface area contributed by atoms with Gasteiger partial charge in [0.2, 0.25) is 0 Å². The molecule has 0 fully saturated rings. The third kappa shape index (κ3) is 6.10. The number of benzene rings is 1. The minimum absolute atomic E-state index is 0.294. The normalized spacial score (nSPS) is 11.1. The van der Waals surface area contributed by atoms with E-state index in [-0.39, 0.29) is 6.09 Å². The number of ether oxygens (including phenoxy) is 1. The summed E-state index contributed by atoms with van der Waals surface area (Å²) in [6.45, 7) is 6.74. The molecule has 0 radical (unpaired) electrons. The number of hydrogen-bond acceptors (Lipinski definition) is 3. The Labute approximate surface area is 138 Å². The van der Waals surface area contributed by atoms with E-state index < -0.39 is 5.60 Å². The van der Waals surface area contributed by atoms with Crippen molar-refractivity contribution in [2.45, 2.75) is 39.3 Å². The Kier molecular flexibility index (Phi) is 5.74. The molecule has 2 aromatic rings. The fraction of sp³-hybridized carbons (Fsp3) is 0.368. The van der Waals surface area contributed by atoms with E-state index >= 15 is 0 Å². The molecule has 23 heavy (non-hydrogen) atoms. The van der Waals surface area contributed by atoms with E-state index in [1.165, 1.54) is 0 Å². The highest BCUT2D eigenvalue weighted by molar-refractivity contribution is 5.68. The van der Waals surface area contributed by atoms with Crippen LogP contribution >= 0.6 is 0 Å². The first-order valence-corrected chi connectivity index (χ1v) is 7.86. The minimum Gasteiger partial charge on any atom is -0.444 e. The SMILES string of the molecule is CC(C)(C)OC(=O)N(CCc1ccccn1)Cc1ccccc1. The van der Waals surface area contributed by atoms with E-state index in [0.29, 0.717) is 19.5 Å². The Hall–Kier alpha value is -2.36. The van der Waals surface area contributed by atoms with Crippen molar-refractivity contribution >= 4 is 6.09 Å². The molecule has 1 amide bonds. The summed E-state index contributed by atoms with van der Waals surface area (Å²) in [7, 11) is 0. The van der Waals surface area contributed by atoms with Gasteiger partial charge in [0.15, 0.2) is 0 Å². The first-order chi connectivity index (χ1) is 10.9. The Morgan fingerprint density at radius 2 is 1.78 bits per heavy atom. The van der Waals surface area contributed by atoms with Crippen LogP contribution in [0.15, 0.2) is 54.7 Å². The lowest BCUT2D eigenvalue weighted by Gasteiger charge is -2.27. The van der Waals surface area contributed by atoms with Crippen LogP contribution in [0.3, 0.4) is 0 Å². The first-order valence-electron chi connectivity index (χ1n) is 7.86.